The molecule has 1 heterocycles. The van der Waals surface area contributed by atoms with E-state index >= 15 is 0 Å². The normalized spacial score (nSPS) is 21.7. The van der Waals surface area contributed by atoms with Gasteiger partial charge in [-0.2, -0.15) is 0 Å². The molecule has 0 aromatic heterocycles. The smallest absolute Gasteiger partial charge is 0.224 e. The molecule has 0 aromatic carbocycles. The third kappa shape index (κ3) is 4.62. The maximum Gasteiger partial charge on any atom is 0.224 e. The highest BCUT2D eigenvalue weighted by Gasteiger charge is 2.19. The predicted molar refractivity (Wildman–Crippen MR) is 61.8 cm³/mol. The Hall–Kier alpha value is -0.610. The molecule has 4 heteroatoms. The van der Waals surface area contributed by atoms with Crippen molar-refractivity contribution in [3.8, 4) is 0 Å². The van der Waals surface area contributed by atoms with Crippen molar-refractivity contribution in [2.45, 2.75) is 19.8 Å². The molecular weight excluding hydrogens is 190 g/mol. The first kappa shape index (κ1) is 12.5. The minimum absolute atomic E-state index is 0.186. The third-order valence-corrected chi connectivity index (χ3v) is 3.00. The fourth-order valence-corrected chi connectivity index (χ4v) is 1.75. The zero-order valence-corrected chi connectivity index (χ0v) is 9.88. The lowest BCUT2D eigenvalue weighted by atomic mass is 9.99. The maximum absolute atomic E-state index is 11.7. The first-order valence-corrected chi connectivity index (χ1v) is 5.91. The number of hydrogen-bond donors (Lipinski definition) is 2. The van der Waals surface area contributed by atoms with Crippen LogP contribution in [0.2, 0.25) is 0 Å². The second kappa shape index (κ2) is 6.80. The fraction of sp³-hybridized carbons (Fsp3) is 0.909. The van der Waals surface area contributed by atoms with Crippen LogP contribution < -0.4 is 10.6 Å². The van der Waals surface area contributed by atoms with Gasteiger partial charge in [0.05, 0.1) is 5.92 Å². The molecule has 0 aliphatic carbocycles. The Labute approximate surface area is 92.4 Å². The summed E-state index contributed by atoms with van der Waals surface area (Å²) in [6.45, 7) is 6.74. The predicted octanol–water partition coefficient (Wildman–Crippen LogP) is 0.0539. The van der Waals surface area contributed by atoms with Gasteiger partial charge in [-0.1, -0.05) is 6.92 Å². The quantitative estimate of drug-likeness (QED) is 0.678. The van der Waals surface area contributed by atoms with Crippen molar-refractivity contribution in [1.82, 2.24) is 15.5 Å². The van der Waals surface area contributed by atoms with E-state index < -0.39 is 0 Å². The molecular formula is C11H23N3O. The molecule has 0 spiro atoms. The van der Waals surface area contributed by atoms with Crippen LogP contribution in [0.5, 0.6) is 0 Å². The summed E-state index contributed by atoms with van der Waals surface area (Å²) < 4.78 is 0. The van der Waals surface area contributed by atoms with Gasteiger partial charge in [0.2, 0.25) is 5.91 Å². The minimum Gasteiger partial charge on any atom is -0.355 e. The van der Waals surface area contributed by atoms with Crippen molar-refractivity contribution in [3.63, 3.8) is 0 Å². The number of carbonyl (C=O) groups is 1. The standard InChI is InChI=1S/C11H23N3O/c1-3-14(2)8-7-13-11(15)10-5-4-6-12-9-10/h10,12H,3-9H2,1-2H3,(H,13,15). The molecule has 0 aromatic rings. The van der Waals surface area contributed by atoms with E-state index in [4.69, 9.17) is 0 Å². The van der Waals surface area contributed by atoms with E-state index in [1.165, 1.54) is 0 Å². The molecule has 1 unspecified atom stereocenters. The Balaban J connectivity index is 2.12. The summed E-state index contributed by atoms with van der Waals surface area (Å²) in [5.41, 5.74) is 0. The number of carbonyl (C=O) groups excluding carboxylic acids is 1. The highest BCUT2D eigenvalue weighted by molar-refractivity contribution is 5.78. The fourth-order valence-electron chi connectivity index (χ4n) is 1.75. The number of amides is 1. The first-order chi connectivity index (χ1) is 7.24. The zero-order chi connectivity index (χ0) is 11.1. The number of rotatable bonds is 5. The van der Waals surface area contributed by atoms with E-state index in [9.17, 15) is 4.79 Å². The van der Waals surface area contributed by atoms with Crippen LogP contribution >= 0.6 is 0 Å². The van der Waals surface area contributed by atoms with Gasteiger partial charge in [0, 0.05) is 19.6 Å². The summed E-state index contributed by atoms with van der Waals surface area (Å²) in [5.74, 6) is 0.400. The average Bonchev–Trinajstić information content (AvgIpc) is 2.29. The van der Waals surface area contributed by atoms with E-state index in [0.29, 0.717) is 0 Å². The highest BCUT2D eigenvalue weighted by Crippen LogP contribution is 2.09. The Morgan fingerprint density at radius 2 is 2.40 bits per heavy atom. The van der Waals surface area contributed by atoms with Gasteiger partial charge in [-0.15, -0.1) is 0 Å². The molecule has 1 aliphatic heterocycles. The number of nitrogens with one attached hydrogen (secondary N) is 2. The Morgan fingerprint density at radius 1 is 1.60 bits per heavy atom. The van der Waals surface area contributed by atoms with Crippen LogP contribution in [0.15, 0.2) is 0 Å². The van der Waals surface area contributed by atoms with E-state index in [2.05, 4.69) is 29.5 Å². The molecule has 1 aliphatic rings. The van der Waals surface area contributed by atoms with E-state index in [1.54, 1.807) is 0 Å². The van der Waals surface area contributed by atoms with Gasteiger partial charge >= 0.3 is 0 Å². The van der Waals surface area contributed by atoms with Crippen molar-refractivity contribution < 1.29 is 4.79 Å². The van der Waals surface area contributed by atoms with Crippen LogP contribution in [0.1, 0.15) is 19.8 Å². The summed E-state index contributed by atoms with van der Waals surface area (Å²) >= 11 is 0. The molecule has 4 nitrogen and oxygen atoms in total. The van der Waals surface area contributed by atoms with Gasteiger partial charge in [-0.3, -0.25) is 4.79 Å². The Kier molecular flexibility index (Phi) is 5.65. The van der Waals surface area contributed by atoms with Gasteiger partial charge < -0.3 is 15.5 Å². The molecule has 1 saturated heterocycles. The summed E-state index contributed by atoms with van der Waals surface area (Å²) in [5, 5.41) is 6.25. The van der Waals surface area contributed by atoms with Crippen molar-refractivity contribution in [1.29, 1.82) is 0 Å². The SMILES string of the molecule is CCN(C)CCNC(=O)C1CCCNC1. The summed E-state index contributed by atoms with van der Waals surface area (Å²) in [6.07, 6.45) is 2.15. The molecule has 88 valence electrons. The van der Waals surface area contributed by atoms with Gasteiger partial charge in [-0.25, -0.2) is 0 Å². The number of piperidine rings is 1. The highest BCUT2D eigenvalue weighted by atomic mass is 16.1. The summed E-state index contributed by atoms with van der Waals surface area (Å²) in [4.78, 5) is 13.9. The number of likely N-dealkylation sites (N-methyl/N-ethyl adjacent to an activating group) is 1. The Morgan fingerprint density at radius 3 is 3.00 bits per heavy atom. The molecule has 1 rings (SSSR count). The number of hydrogen-bond acceptors (Lipinski definition) is 3. The molecule has 1 atom stereocenters. The molecule has 2 N–H and O–H groups in total. The maximum atomic E-state index is 11.7. The largest absolute Gasteiger partial charge is 0.355 e. The van der Waals surface area contributed by atoms with Crippen LogP contribution in [-0.4, -0.2) is 50.6 Å². The molecule has 0 radical (unpaired) electrons. The monoisotopic (exact) mass is 213 g/mol. The molecule has 0 bridgehead atoms. The van der Waals surface area contributed by atoms with Gasteiger partial charge in [0.15, 0.2) is 0 Å². The topological polar surface area (TPSA) is 44.4 Å². The van der Waals surface area contributed by atoms with Crippen molar-refractivity contribution in [2.24, 2.45) is 5.92 Å². The molecule has 0 saturated carbocycles. The lowest BCUT2D eigenvalue weighted by molar-refractivity contribution is -0.125. The molecule has 1 fully saturated rings. The number of nitrogens with zero attached hydrogens (tertiary/aromatic N) is 1. The van der Waals surface area contributed by atoms with Gasteiger partial charge in [-0.05, 0) is 33.0 Å². The van der Waals surface area contributed by atoms with Crippen LogP contribution in [0, 0.1) is 5.92 Å². The van der Waals surface area contributed by atoms with E-state index in [1.807, 2.05) is 0 Å². The van der Waals surface area contributed by atoms with Crippen molar-refractivity contribution in [2.75, 3.05) is 39.8 Å². The van der Waals surface area contributed by atoms with Crippen LogP contribution in [0.25, 0.3) is 0 Å². The third-order valence-electron chi connectivity index (χ3n) is 3.00. The second-order valence-electron chi connectivity index (χ2n) is 4.23. The Bertz CT molecular complexity index is 190. The van der Waals surface area contributed by atoms with E-state index in [-0.39, 0.29) is 11.8 Å². The zero-order valence-electron chi connectivity index (χ0n) is 9.88. The summed E-state index contributed by atoms with van der Waals surface area (Å²) in [6, 6.07) is 0. The second-order valence-corrected chi connectivity index (χ2v) is 4.23. The first-order valence-electron chi connectivity index (χ1n) is 5.91. The molecule has 1 amide bonds. The lowest BCUT2D eigenvalue weighted by Crippen LogP contribution is -2.42. The molecule has 15 heavy (non-hydrogen) atoms. The van der Waals surface area contributed by atoms with Gasteiger partial charge in [0.25, 0.3) is 0 Å². The summed E-state index contributed by atoms with van der Waals surface area (Å²) in [7, 11) is 2.06. The van der Waals surface area contributed by atoms with Crippen LogP contribution in [0.3, 0.4) is 0 Å². The lowest BCUT2D eigenvalue weighted by Gasteiger charge is -2.22. The van der Waals surface area contributed by atoms with Crippen molar-refractivity contribution >= 4 is 5.91 Å². The minimum atomic E-state index is 0.186. The van der Waals surface area contributed by atoms with Crippen LogP contribution in [-0.2, 0) is 4.79 Å². The van der Waals surface area contributed by atoms with Crippen LogP contribution in [0.4, 0.5) is 0 Å². The average molecular weight is 213 g/mol. The van der Waals surface area contributed by atoms with E-state index in [0.717, 1.165) is 45.6 Å². The van der Waals surface area contributed by atoms with Crippen molar-refractivity contribution in [3.05, 3.63) is 0 Å². The van der Waals surface area contributed by atoms with Gasteiger partial charge in [0.1, 0.15) is 0 Å².